The van der Waals surface area contributed by atoms with Crippen LogP contribution in [0.5, 0.6) is 0 Å². The molecule has 0 heterocycles. The van der Waals surface area contributed by atoms with Crippen molar-refractivity contribution in [3.8, 4) is 0 Å². The van der Waals surface area contributed by atoms with Gasteiger partial charge in [-0.15, -0.1) is 0 Å². The van der Waals surface area contributed by atoms with Crippen LogP contribution in [0.2, 0.25) is 0 Å². The van der Waals surface area contributed by atoms with Crippen LogP contribution in [-0.2, 0) is 10.3 Å². The molecule has 1 atom stereocenters. The van der Waals surface area contributed by atoms with Crippen LogP contribution >= 0.6 is 0 Å². The van der Waals surface area contributed by atoms with E-state index in [0.717, 1.165) is 5.56 Å². The normalized spacial score (nSPS) is 15.3. The van der Waals surface area contributed by atoms with Gasteiger partial charge in [-0.1, -0.05) is 37.3 Å². The fraction of sp³-hybridized carbons (Fsp3) is 0.500. The lowest BCUT2D eigenvalue weighted by atomic mass is 9.85. The second kappa shape index (κ2) is 4.88. The van der Waals surface area contributed by atoms with E-state index in [9.17, 15) is 9.90 Å². The van der Waals surface area contributed by atoms with Gasteiger partial charge in [0.05, 0.1) is 0 Å². The summed E-state index contributed by atoms with van der Waals surface area (Å²) in [6.07, 6.45) is 0.504. The first-order valence-corrected chi connectivity index (χ1v) is 5.90. The van der Waals surface area contributed by atoms with Gasteiger partial charge in [-0.3, -0.25) is 5.32 Å². The van der Waals surface area contributed by atoms with Crippen LogP contribution in [0.1, 0.15) is 39.7 Å². The lowest BCUT2D eigenvalue weighted by molar-refractivity contribution is -0.146. The minimum absolute atomic E-state index is 0.260. The van der Waals surface area contributed by atoms with Crippen molar-refractivity contribution in [2.75, 3.05) is 0 Å². The van der Waals surface area contributed by atoms with Crippen LogP contribution in [0.15, 0.2) is 30.3 Å². The number of hydrogen-bond acceptors (Lipinski definition) is 2. The van der Waals surface area contributed by atoms with Crippen molar-refractivity contribution in [1.29, 1.82) is 0 Å². The number of carbonyl (C=O) groups is 1. The molecule has 0 radical (unpaired) electrons. The van der Waals surface area contributed by atoms with E-state index in [1.54, 1.807) is 0 Å². The SMILES string of the molecule is CCC(NC(C)(C)C)(C(=O)O)c1ccccc1. The molecule has 1 aromatic rings. The van der Waals surface area contributed by atoms with Gasteiger partial charge in [-0.25, -0.2) is 4.79 Å². The molecule has 1 rings (SSSR count). The fourth-order valence-electron chi connectivity index (χ4n) is 2.06. The summed E-state index contributed by atoms with van der Waals surface area (Å²) in [5.74, 6) is -0.832. The number of rotatable bonds is 4. The Bertz CT molecular complexity index is 381. The first-order chi connectivity index (χ1) is 7.82. The molecule has 1 unspecified atom stereocenters. The summed E-state index contributed by atoms with van der Waals surface area (Å²) in [6, 6.07) is 9.34. The quantitative estimate of drug-likeness (QED) is 0.843. The standard InChI is InChI=1S/C14H21NO2/c1-5-14(12(16)17,15-13(2,3)4)11-9-7-6-8-10-11/h6-10,15H,5H2,1-4H3,(H,16,17). The van der Waals surface area contributed by atoms with Gasteiger partial charge in [0.25, 0.3) is 0 Å². The molecule has 17 heavy (non-hydrogen) atoms. The number of hydrogen-bond donors (Lipinski definition) is 2. The third kappa shape index (κ3) is 3.07. The van der Waals surface area contributed by atoms with Crippen molar-refractivity contribution in [2.45, 2.75) is 45.2 Å². The highest BCUT2D eigenvalue weighted by molar-refractivity contribution is 5.80. The average molecular weight is 235 g/mol. The van der Waals surface area contributed by atoms with E-state index >= 15 is 0 Å². The van der Waals surface area contributed by atoms with E-state index in [1.807, 2.05) is 58.0 Å². The lowest BCUT2D eigenvalue weighted by Gasteiger charge is -2.37. The maximum Gasteiger partial charge on any atom is 0.328 e. The van der Waals surface area contributed by atoms with Crippen LogP contribution in [0.4, 0.5) is 0 Å². The molecule has 3 nitrogen and oxygen atoms in total. The van der Waals surface area contributed by atoms with Crippen molar-refractivity contribution >= 4 is 5.97 Å². The summed E-state index contributed by atoms with van der Waals surface area (Å²) in [5, 5.41) is 12.8. The summed E-state index contributed by atoms with van der Waals surface area (Å²) in [7, 11) is 0. The molecule has 0 spiro atoms. The molecule has 0 saturated carbocycles. The van der Waals surface area contributed by atoms with Crippen molar-refractivity contribution in [3.05, 3.63) is 35.9 Å². The monoisotopic (exact) mass is 235 g/mol. The van der Waals surface area contributed by atoms with E-state index in [2.05, 4.69) is 5.32 Å². The maximum atomic E-state index is 11.7. The van der Waals surface area contributed by atoms with Crippen molar-refractivity contribution in [1.82, 2.24) is 5.32 Å². The zero-order chi connectivity index (χ0) is 13.1. The molecule has 0 saturated heterocycles. The van der Waals surface area contributed by atoms with Gasteiger partial charge in [-0.05, 0) is 32.8 Å². The van der Waals surface area contributed by atoms with E-state index in [4.69, 9.17) is 0 Å². The molecule has 0 aliphatic carbocycles. The molecular formula is C14H21NO2. The molecule has 2 N–H and O–H groups in total. The Labute approximate surface area is 103 Å². The molecule has 0 bridgehead atoms. The summed E-state index contributed by atoms with van der Waals surface area (Å²) < 4.78 is 0. The molecule has 3 heteroatoms. The Hall–Kier alpha value is -1.35. The second-order valence-electron chi connectivity index (χ2n) is 5.31. The van der Waals surface area contributed by atoms with Crippen LogP contribution in [0, 0.1) is 0 Å². The van der Waals surface area contributed by atoms with E-state index < -0.39 is 11.5 Å². The van der Waals surface area contributed by atoms with Gasteiger partial charge in [-0.2, -0.15) is 0 Å². The minimum atomic E-state index is -1.01. The molecular weight excluding hydrogens is 214 g/mol. The topological polar surface area (TPSA) is 49.3 Å². The van der Waals surface area contributed by atoms with Crippen molar-refractivity contribution in [3.63, 3.8) is 0 Å². The Morgan fingerprint density at radius 1 is 1.24 bits per heavy atom. The predicted molar refractivity (Wildman–Crippen MR) is 68.9 cm³/mol. The lowest BCUT2D eigenvalue weighted by Crippen LogP contribution is -2.56. The Kier molecular flexibility index (Phi) is 3.94. The van der Waals surface area contributed by atoms with E-state index in [-0.39, 0.29) is 5.54 Å². The summed E-state index contributed by atoms with van der Waals surface area (Å²) in [6.45, 7) is 7.82. The predicted octanol–water partition coefficient (Wildman–Crippen LogP) is 2.76. The molecule has 94 valence electrons. The molecule has 0 aliphatic heterocycles. The van der Waals surface area contributed by atoms with Gasteiger partial charge in [0.1, 0.15) is 5.54 Å². The Morgan fingerprint density at radius 2 is 1.76 bits per heavy atom. The van der Waals surface area contributed by atoms with E-state index in [1.165, 1.54) is 0 Å². The van der Waals surface area contributed by atoms with E-state index in [0.29, 0.717) is 6.42 Å². The molecule has 0 fully saturated rings. The van der Waals surface area contributed by atoms with Gasteiger partial charge in [0, 0.05) is 5.54 Å². The largest absolute Gasteiger partial charge is 0.480 e. The van der Waals surface area contributed by atoms with Crippen LogP contribution in [0.3, 0.4) is 0 Å². The third-order valence-corrected chi connectivity index (χ3v) is 2.75. The maximum absolute atomic E-state index is 11.7. The van der Waals surface area contributed by atoms with Crippen molar-refractivity contribution in [2.24, 2.45) is 0 Å². The third-order valence-electron chi connectivity index (χ3n) is 2.75. The zero-order valence-electron chi connectivity index (χ0n) is 10.9. The number of aliphatic carboxylic acids is 1. The summed E-state index contributed by atoms with van der Waals surface area (Å²) >= 11 is 0. The molecule has 0 aliphatic rings. The first-order valence-electron chi connectivity index (χ1n) is 5.90. The molecule has 0 amide bonds. The minimum Gasteiger partial charge on any atom is -0.480 e. The number of nitrogens with one attached hydrogen (secondary N) is 1. The number of carboxylic acid groups (broad SMARTS) is 1. The summed E-state index contributed by atoms with van der Waals surface area (Å²) in [4.78, 5) is 11.7. The first kappa shape index (κ1) is 13.7. The number of benzene rings is 1. The van der Waals surface area contributed by atoms with Gasteiger partial charge >= 0.3 is 5.97 Å². The highest BCUT2D eigenvalue weighted by Gasteiger charge is 2.41. The van der Waals surface area contributed by atoms with Gasteiger partial charge in [0.15, 0.2) is 0 Å². The smallest absolute Gasteiger partial charge is 0.328 e. The number of carboxylic acids is 1. The zero-order valence-corrected chi connectivity index (χ0v) is 10.9. The highest BCUT2D eigenvalue weighted by atomic mass is 16.4. The molecule has 0 aromatic heterocycles. The van der Waals surface area contributed by atoms with Gasteiger partial charge < -0.3 is 5.11 Å². The highest BCUT2D eigenvalue weighted by Crippen LogP contribution is 2.28. The van der Waals surface area contributed by atoms with Crippen LogP contribution in [-0.4, -0.2) is 16.6 Å². The average Bonchev–Trinajstić information content (AvgIpc) is 2.25. The van der Waals surface area contributed by atoms with Crippen molar-refractivity contribution < 1.29 is 9.90 Å². The fourth-order valence-corrected chi connectivity index (χ4v) is 2.06. The Morgan fingerprint density at radius 3 is 2.12 bits per heavy atom. The van der Waals surface area contributed by atoms with Crippen LogP contribution in [0.25, 0.3) is 0 Å². The second-order valence-corrected chi connectivity index (χ2v) is 5.31. The van der Waals surface area contributed by atoms with Crippen LogP contribution < -0.4 is 5.32 Å². The molecule has 1 aromatic carbocycles. The van der Waals surface area contributed by atoms with Gasteiger partial charge in [0.2, 0.25) is 0 Å². The Balaban J connectivity index is 3.24. The summed E-state index contributed by atoms with van der Waals surface area (Å²) in [5.41, 5.74) is -0.478.